The summed E-state index contributed by atoms with van der Waals surface area (Å²) >= 11 is 0. The van der Waals surface area contributed by atoms with Crippen molar-refractivity contribution >= 4 is 5.91 Å². The van der Waals surface area contributed by atoms with Gasteiger partial charge in [-0.2, -0.15) is 0 Å². The van der Waals surface area contributed by atoms with Crippen LogP contribution in [0.4, 0.5) is 0 Å². The van der Waals surface area contributed by atoms with E-state index in [0.29, 0.717) is 24.5 Å². The Hall–Kier alpha value is -3.28. The van der Waals surface area contributed by atoms with Gasteiger partial charge in [0, 0.05) is 31.3 Å². The third-order valence-electron chi connectivity index (χ3n) is 4.12. The number of hydrogen-bond acceptors (Lipinski definition) is 4. The van der Waals surface area contributed by atoms with E-state index < -0.39 is 0 Å². The molecule has 0 fully saturated rings. The standard InChI is InChI=1S/C20H21N5O/c1-4-12-25(14-16-10-8-15(2)9-11-16)20(26)18-7-5-6-17(13-18)19-21-22-23-24(19)3/h4-11,13H,1,12,14H2,2-3H3. The van der Waals surface area contributed by atoms with Gasteiger partial charge in [0.05, 0.1) is 0 Å². The molecule has 0 saturated carbocycles. The van der Waals surface area contributed by atoms with Crippen molar-refractivity contribution in [2.45, 2.75) is 13.5 Å². The first-order valence-corrected chi connectivity index (χ1v) is 8.37. The Balaban J connectivity index is 1.86. The summed E-state index contributed by atoms with van der Waals surface area (Å²) in [6.45, 7) is 6.83. The first-order valence-electron chi connectivity index (χ1n) is 8.37. The van der Waals surface area contributed by atoms with Crippen molar-refractivity contribution in [2.24, 2.45) is 7.05 Å². The number of hydrogen-bond donors (Lipinski definition) is 0. The third kappa shape index (κ3) is 3.85. The summed E-state index contributed by atoms with van der Waals surface area (Å²) in [5.41, 5.74) is 3.68. The molecule has 6 nitrogen and oxygen atoms in total. The van der Waals surface area contributed by atoms with Crippen LogP contribution >= 0.6 is 0 Å². The van der Waals surface area contributed by atoms with Crippen LogP contribution in [-0.2, 0) is 13.6 Å². The van der Waals surface area contributed by atoms with Crippen molar-refractivity contribution in [2.75, 3.05) is 6.54 Å². The van der Waals surface area contributed by atoms with Gasteiger partial charge in [-0.05, 0) is 35.0 Å². The van der Waals surface area contributed by atoms with E-state index in [0.717, 1.165) is 11.1 Å². The molecule has 3 rings (SSSR count). The molecule has 0 unspecified atom stereocenters. The Morgan fingerprint density at radius 2 is 2.00 bits per heavy atom. The Labute approximate surface area is 152 Å². The van der Waals surface area contributed by atoms with Gasteiger partial charge in [0.2, 0.25) is 0 Å². The molecule has 26 heavy (non-hydrogen) atoms. The molecule has 1 heterocycles. The van der Waals surface area contributed by atoms with Gasteiger partial charge in [-0.1, -0.05) is 48.0 Å². The number of aromatic nitrogens is 4. The molecule has 2 aromatic carbocycles. The minimum Gasteiger partial charge on any atom is -0.331 e. The van der Waals surface area contributed by atoms with E-state index in [9.17, 15) is 4.79 Å². The second-order valence-corrected chi connectivity index (χ2v) is 6.17. The molecule has 0 saturated heterocycles. The van der Waals surface area contributed by atoms with E-state index in [1.807, 2.05) is 49.4 Å². The summed E-state index contributed by atoms with van der Waals surface area (Å²) in [6, 6.07) is 15.5. The third-order valence-corrected chi connectivity index (χ3v) is 4.12. The van der Waals surface area contributed by atoms with Crippen LogP contribution in [0.5, 0.6) is 0 Å². The van der Waals surface area contributed by atoms with Crippen molar-refractivity contribution in [3.05, 3.63) is 77.9 Å². The Morgan fingerprint density at radius 1 is 1.23 bits per heavy atom. The van der Waals surface area contributed by atoms with Crippen LogP contribution in [0.25, 0.3) is 11.4 Å². The molecule has 0 radical (unpaired) electrons. The second kappa shape index (κ2) is 7.74. The molecule has 0 aliphatic heterocycles. The van der Waals surface area contributed by atoms with E-state index in [-0.39, 0.29) is 5.91 Å². The monoisotopic (exact) mass is 347 g/mol. The zero-order chi connectivity index (χ0) is 18.5. The predicted molar refractivity (Wildman–Crippen MR) is 100 cm³/mol. The van der Waals surface area contributed by atoms with Crippen LogP contribution in [0.15, 0.2) is 61.2 Å². The van der Waals surface area contributed by atoms with Crippen molar-refractivity contribution < 1.29 is 4.79 Å². The molecular formula is C20H21N5O. The number of rotatable bonds is 6. The zero-order valence-corrected chi connectivity index (χ0v) is 15.0. The fraction of sp³-hybridized carbons (Fsp3) is 0.200. The zero-order valence-electron chi connectivity index (χ0n) is 15.0. The van der Waals surface area contributed by atoms with Crippen molar-refractivity contribution in [3.63, 3.8) is 0 Å². The lowest BCUT2D eigenvalue weighted by molar-refractivity contribution is 0.0762. The Kier molecular flexibility index (Phi) is 5.22. The van der Waals surface area contributed by atoms with Gasteiger partial charge in [0.15, 0.2) is 5.82 Å². The topological polar surface area (TPSA) is 63.9 Å². The maximum Gasteiger partial charge on any atom is 0.254 e. The molecule has 132 valence electrons. The van der Waals surface area contributed by atoms with Crippen LogP contribution in [0.1, 0.15) is 21.5 Å². The molecular weight excluding hydrogens is 326 g/mol. The predicted octanol–water partition coefficient (Wildman–Crippen LogP) is 3.01. The normalized spacial score (nSPS) is 10.5. The number of carbonyl (C=O) groups is 1. The lowest BCUT2D eigenvalue weighted by atomic mass is 10.1. The molecule has 1 amide bonds. The number of aryl methyl sites for hydroxylation is 2. The minimum absolute atomic E-state index is 0.0533. The van der Waals surface area contributed by atoms with E-state index in [1.165, 1.54) is 5.56 Å². The number of carbonyl (C=O) groups excluding carboxylic acids is 1. The quantitative estimate of drug-likeness (QED) is 0.643. The van der Waals surface area contributed by atoms with Crippen LogP contribution in [0, 0.1) is 6.92 Å². The largest absolute Gasteiger partial charge is 0.331 e. The smallest absolute Gasteiger partial charge is 0.254 e. The summed E-state index contributed by atoms with van der Waals surface area (Å²) in [6.07, 6.45) is 1.74. The van der Waals surface area contributed by atoms with E-state index in [1.54, 1.807) is 28.8 Å². The Bertz CT molecular complexity index is 914. The van der Waals surface area contributed by atoms with Gasteiger partial charge in [-0.25, -0.2) is 4.68 Å². The first kappa shape index (κ1) is 17.5. The molecule has 6 heteroatoms. The molecule has 0 spiro atoms. The summed E-state index contributed by atoms with van der Waals surface area (Å²) in [5, 5.41) is 11.5. The minimum atomic E-state index is -0.0533. The average Bonchev–Trinajstić information content (AvgIpc) is 3.08. The van der Waals surface area contributed by atoms with E-state index >= 15 is 0 Å². The summed E-state index contributed by atoms with van der Waals surface area (Å²) in [4.78, 5) is 14.8. The summed E-state index contributed by atoms with van der Waals surface area (Å²) < 4.78 is 1.58. The van der Waals surface area contributed by atoms with Gasteiger partial charge in [0.25, 0.3) is 5.91 Å². The fourth-order valence-corrected chi connectivity index (χ4v) is 2.74. The molecule has 0 bridgehead atoms. The second-order valence-electron chi connectivity index (χ2n) is 6.17. The van der Waals surface area contributed by atoms with Gasteiger partial charge < -0.3 is 4.90 Å². The maximum absolute atomic E-state index is 13.0. The fourth-order valence-electron chi connectivity index (χ4n) is 2.74. The highest BCUT2D eigenvalue weighted by Gasteiger charge is 2.17. The van der Waals surface area contributed by atoms with Crippen LogP contribution in [0.2, 0.25) is 0 Å². The van der Waals surface area contributed by atoms with Crippen LogP contribution in [0.3, 0.4) is 0 Å². The SMILES string of the molecule is C=CCN(Cc1ccc(C)cc1)C(=O)c1cccc(-c2nnnn2C)c1. The lowest BCUT2D eigenvalue weighted by Gasteiger charge is -2.21. The van der Waals surface area contributed by atoms with Gasteiger partial charge in [-0.15, -0.1) is 11.7 Å². The van der Waals surface area contributed by atoms with Gasteiger partial charge in [-0.3, -0.25) is 4.79 Å². The molecule has 0 atom stereocenters. The molecule has 0 aliphatic carbocycles. The number of amides is 1. The number of tetrazole rings is 1. The van der Waals surface area contributed by atoms with Crippen LogP contribution < -0.4 is 0 Å². The van der Waals surface area contributed by atoms with E-state index in [2.05, 4.69) is 22.1 Å². The molecule has 1 aromatic heterocycles. The summed E-state index contributed by atoms with van der Waals surface area (Å²) in [5.74, 6) is 0.566. The Morgan fingerprint density at radius 3 is 2.65 bits per heavy atom. The van der Waals surface area contributed by atoms with Crippen molar-refractivity contribution in [1.82, 2.24) is 25.1 Å². The average molecular weight is 347 g/mol. The van der Waals surface area contributed by atoms with E-state index in [4.69, 9.17) is 0 Å². The van der Waals surface area contributed by atoms with Gasteiger partial charge in [0.1, 0.15) is 0 Å². The molecule has 3 aromatic rings. The maximum atomic E-state index is 13.0. The lowest BCUT2D eigenvalue weighted by Crippen LogP contribution is -2.30. The molecule has 0 aliphatic rings. The van der Waals surface area contributed by atoms with Crippen LogP contribution in [-0.4, -0.2) is 37.6 Å². The highest BCUT2D eigenvalue weighted by Crippen LogP contribution is 2.18. The molecule has 0 N–H and O–H groups in total. The highest BCUT2D eigenvalue weighted by atomic mass is 16.2. The summed E-state index contributed by atoms with van der Waals surface area (Å²) in [7, 11) is 1.77. The number of benzene rings is 2. The highest BCUT2D eigenvalue weighted by molar-refractivity contribution is 5.95. The number of nitrogens with zero attached hydrogens (tertiary/aromatic N) is 5. The first-order chi connectivity index (χ1) is 12.6. The van der Waals surface area contributed by atoms with Crippen molar-refractivity contribution in [1.29, 1.82) is 0 Å². The van der Waals surface area contributed by atoms with Gasteiger partial charge >= 0.3 is 0 Å². The van der Waals surface area contributed by atoms with Crippen molar-refractivity contribution in [3.8, 4) is 11.4 Å².